The van der Waals surface area contributed by atoms with Crippen molar-refractivity contribution >= 4 is 5.97 Å². The summed E-state index contributed by atoms with van der Waals surface area (Å²) in [7, 11) is 0. The van der Waals surface area contributed by atoms with E-state index >= 15 is 0 Å². The monoisotopic (exact) mass is 179 g/mol. The second-order valence-electron chi connectivity index (χ2n) is 2.73. The summed E-state index contributed by atoms with van der Waals surface area (Å²) in [5.74, 6) is -0.196. The summed E-state index contributed by atoms with van der Waals surface area (Å²) in [6.07, 6.45) is 2.03. The molecule has 0 aliphatic rings. The first kappa shape index (κ1) is 9.71. The Morgan fingerprint density at radius 3 is 3.00 bits per heavy atom. The van der Waals surface area contributed by atoms with E-state index in [9.17, 15) is 4.79 Å². The van der Waals surface area contributed by atoms with Gasteiger partial charge in [0.15, 0.2) is 0 Å². The summed E-state index contributed by atoms with van der Waals surface area (Å²) in [4.78, 5) is 15.2. The van der Waals surface area contributed by atoms with E-state index < -0.39 is 0 Å². The van der Waals surface area contributed by atoms with Crippen LogP contribution in [-0.2, 0) is 16.0 Å². The number of esters is 1. The van der Waals surface area contributed by atoms with Crippen molar-refractivity contribution in [2.75, 3.05) is 6.61 Å². The average molecular weight is 179 g/mol. The number of aryl methyl sites for hydroxylation is 1. The molecule has 1 heterocycles. The topological polar surface area (TPSA) is 39.2 Å². The normalized spacial score (nSPS) is 9.69. The van der Waals surface area contributed by atoms with Gasteiger partial charge in [0.1, 0.15) is 0 Å². The van der Waals surface area contributed by atoms with Crippen molar-refractivity contribution < 1.29 is 9.53 Å². The van der Waals surface area contributed by atoms with Crippen LogP contribution in [0.5, 0.6) is 0 Å². The van der Waals surface area contributed by atoms with Crippen molar-refractivity contribution in [1.82, 2.24) is 4.98 Å². The molecule has 13 heavy (non-hydrogen) atoms. The van der Waals surface area contributed by atoms with Gasteiger partial charge in [-0.2, -0.15) is 0 Å². The van der Waals surface area contributed by atoms with E-state index in [-0.39, 0.29) is 5.97 Å². The number of nitrogens with zero attached hydrogens (tertiary/aromatic N) is 1. The largest absolute Gasteiger partial charge is 0.466 e. The molecule has 0 spiro atoms. The summed E-state index contributed by atoms with van der Waals surface area (Å²) in [6.45, 7) is 4.11. The van der Waals surface area contributed by atoms with E-state index in [1.165, 1.54) is 0 Å². The van der Waals surface area contributed by atoms with Crippen LogP contribution in [0.1, 0.15) is 18.2 Å². The van der Waals surface area contributed by atoms with Crippen molar-refractivity contribution in [3.63, 3.8) is 0 Å². The Balaban J connectivity index is 2.63. The molecular weight excluding hydrogens is 166 g/mol. The molecule has 0 saturated carbocycles. The highest BCUT2D eigenvalue weighted by Crippen LogP contribution is 2.05. The molecule has 0 unspecified atom stereocenters. The number of hydrogen-bond acceptors (Lipinski definition) is 3. The summed E-state index contributed by atoms with van der Waals surface area (Å²) in [6, 6.07) is 3.71. The third-order valence-corrected chi connectivity index (χ3v) is 1.76. The van der Waals surface area contributed by atoms with Gasteiger partial charge >= 0.3 is 5.97 Å². The van der Waals surface area contributed by atoms with Gasteiger partial charge in [-0.3, -0.25) is 9.78 Å². The molecule has 3 heteroatoms. The van der Waals surface area contributed by atoms with Crippen molar-refractivity contribution in [3.05, 3.63) is 29.6 Å². The smallest absolute Gasteiger partial charge is 0.310 e. The third kappa shape index (κ3) is 2.86. The molecule has 0 aliphatic heterocycles. The minimum atomic E-state index is -0.196. The molecular formula is C10H13NO2. The fourth-order valence-corrected chi connectivity index (χ4v) is 1.07. The van der Waals surface area contributed by atoms with Crippen LogP contribution in [0.2, 0.25) is 0 Å². The van der Waals surface area contributed by atoms with Crippen molar-refractivity contribution in [3.8, 4) is 0 Å². The maximum Gasteiger partial charge on any atom is 0.310 e. The summed E-state index contributed by atoms with van der Waals surface area (Å²) >= 11 is 0. The highest BCUT2D eigenvalue weighted by molar-refractivity contribution is 5.72. The van der Waals surface area contributed by atoms with Crippen molar-refractivity contribution in [2.24, 2.45) is 0 Å². The molecule has 0 fully saturated rings. The summed E-state index contributed by atoms with van der Waals surface area (Å²) < 4.78 is 4.83. The van der Waals surface area contributed by atoms with E-state index in [0.29, 0.717) is 13.0 Å². The SMILES string of the molecule is CCOC(=O)Cc1cccnc1C. The van der Waals surface area contributed by atoms with Crippen LogP contribution in [0, 0.1) is 6.92 Å². The van der Waals surface area contributed by atoms with E-state index in [4.69, 9.17) is 4.74 Å². The maximum absolute atomic E-state index is 11.1. The molecule has 3 nitrogen and oxygen atoms in total. The quantitative estimate of drug-likeness (QED) is 0.660. The van der Waals surface area contributed by atoms with Gasteiger partial charge in [-0.05, 0) is 25.5 Å². The minimum absolute atomic E-state index is 0.196. The maximum atomic E-state index is 11.1. The lowest BCUT2D eigenvalue weighted by molar-refractivity contribution is -0.142. The van der Waals surface area contributed by atoms with Gasteiger partial charge in [0.25, 0.3) is 0 Å². The van der Waals surface area contributed by atoms with Gasteiger partial charge in [0.05, 0.1) is 13.0 Å². The lowest BCUT2D eigenvalue weighted by Crippen LogP contribution is -2.08. The number of hydrogen-bond donors (Lipinski definition) is 0. The molecule has 0 radical (unpaired) electrons. The zero-order valence-corrected chi connectivity index (χ0v) is 7.91. The van der Waals surface area contributed by atoms with Gasteiger partial charge in [0, 0.05) is 11.9 Å². The van der Waals surface area contributed by atoms with E-state index in [1.54, 1.807) is 13.1 Å². The van der Waals surface area contributed by atoms with E-state index in [2.05, 4.69) is 4.98 Å². The molecule has 1 aromatic rings. The van der Waals surface area contributed by atoms with Gasteiger partial charge in [0.2, 0.25) is 0 Å². The Morgan fingerprint density at radius 2 is 2.38 bits per heavy atom. The lowest BCUT2D eigenvalue weighted by atomic mass is 10.1. The van der Waals surface area contributed by atoms with Crippen LogP contribution >= 0.6 is 0 Å². The molecule has 0 amide bonds. The Kier molecular flexibility index (Phi) is 3.43. The highest BCUT2D eigenvalue weighted by atomic mass is 16.5. The predicted octanol–water partition coefficient (Wildman–Crippen LogP) is 1.50. The second kappa shape index (κ2) is 4.60. The standard InChI is InChI=1S/C10H13NO2/c1-3-13-10(12)7-9-5-4-6-11-8(9)2/h4-6H,3,7H2,1-2H3. The fraction of sp³-hybridized carbons (Fsp3) is 0.400. The Bertz CT molecular complexity index is 297. The van der Waals surface area contributed by atoms with Gasteiger partial charge in [-0.15, -0.1) is 0 Å². The number of rotatable bonds is 3. The first-order chi connectivity index (χ1) is 6.24. The summed E-state index contributed by atoms with van der Waals surface area (Å²) in [5, 5.41) is 0. The van der Waals surface area contributed by atoms with E-state index in [1.807, 2.05) is 19.1 Å². The minimum Gasteiger partial charge on any atom is -0.466 e. The fourth-order valence-electron chi connectivity index (χ4n) is 1.07. The van der Waals surface area contributed by atoms with Crippen LogP contribution in [0.25, 0.3) is 0 Å². The Hall–Kier alpha value is -1.38. The zero-order chi connectivity index (χ0) is 9.68. The second-order valence-corrected chi connectivity index (χ2v) is 2.73. The molecule has 1 aromatic heterocycles. The first-order valence-electron chi connectivity index (χ1n) is 4.30. The van der Waals surface area contributed by atoms with Crippen molar-refractivity contribution in [1.29, 1.82) is 0 Å². The summed E-state index contributed by atoms with van der Waals surface area (Å²) in [5.41, 5.74) is 1.82. The third-order valence-electron chi connectivity index (χ3n) is 1.76. The number of carbonyl (C=O) groups is 1. The van der Waals surface area contributed by atoms with Crippen LogP contribution in [0.3, 0.4) is 0 Å². The lowest BCUT2D eigenvalue weighted by Gasteiger charge is -2.03. The number of aromatic nitrogens is 1. The number of pyridine rings is 1. The van der Waals surface area contributed by atoms with Crippen LogP contribution in [-0.4, -0.2) is 17.6 Å². The highest BCUT2D eigenvalue weighted by Gasteiger charge is 2.05. The first-order valence-corrected chi connectivity index (χ1v) is 4.30. The molecule has 0 aromatic carbocycles. The average Bonchev–Trinajstić information content (AvgIpc) is 2.09. The van der Waals surface area contributed by atoms with Gasteiger partial charge in [-0.25, -0.2) is 0 Å². The number of carbonyl (C=O) groups excluding carboxylic acids is 1. The Morgan fingerprint density at radius 1 is 1.62 bits per heavy atom. The van der Waals surface area contributed by atoms with E-state index in [0.717, 1.165) is 11.3 Å². The van der Waals surface area contributed by atoms with Gasteiger partial charge in [-0.1, -0.05) is 6.07 Å². The molecule has 0 saturated heterocycles. The van der Waals surface area contributed by atoms with Crippen LogP contribution in [0.4, 0.5) is 0 Å². The van der Waals surface area contributed by atoms with Gasteiger partial charge < -0.3 is 4.74 Å². The van der Waals surface area contributed by atoms with Crippen LogP contribution < -0.4 is 0 Å². The Labute approximate surface area is 77.8 Å². The van der Waals surface area contributed by atoms with Crippen LogP contribution in [0.15, 0.2) is 18.3 Å². The molecule has 0 bridgehead atoms. The molecule has 0 aliphatic carbocycles. The molecule has 0 N–H and O–H groups in total. The van der Waals surface area contributed by atoms with Crippen molar-refractivity contribution in [2.45, 2.75) is 20.3 Å². The zero-order valence-electron chi connectivity index (χ0n) is 7.91. The molecule has 0 atom stereocenters. The predicted molar refractivity (Wildman–Crippen MR) is 49.3 cm³/mol. The molecule has 70 valence electrons. The molecule has 1 rings (SSSR count). The number of ether oxygens (including phenoxy) is 1.